The summed E-state index contributed by atoms with van der Waals surface area (Å²) in [7, 11) is 3.65. The Hall–Kier alpha value is -2.60. The van der Waals surface area contributed by atoms with Crippen LogP contribution >= 0.6 is 11.3 Å². The Morgan fingerprint density at radius 2 is 2.08 bits per heavy atom. The van der Waals surface area contributed by atoms with Crippen molar-refractivity contribution >= 4 is 17.2 Å². The summed E-state index contributed by atoms with van der Waals surface area (Å²) >= 11 is 1.66. The molecule has 0 saturated heterocycles. The van der Waals surface area contributed by atoms with Crippen LogP contribution in [0.4, 0.5) is 0 Å². The Kier molecular flexibility index (Phi) is 4.96. The van der Waals surface area contributed by atoms with E-state index in [1.54, 1.807) is 46.3 Å². The van der Waals surface area contributed by atoms with Crippen molar-refractivity contribution in [3.05, 3.63) is 70.2 Å². The molecule has 0 radical (unpaired) electrons. The van der Waals surface area contributed by atoms with Gasteiger partial charge in [0.1, 0.15) is 12.4 Å². The first-order valence-corrected chi connectivity index (χ1v) is 8.48. The minimum absolute atomic E-state index is 0.0244. The Bertz CT molecular complexity index is 794. The van der Waals surface area contributed by atoms with Gasteiger partial charge in [-0.2, -0.15) is 5.10 Å². The molecule has 24 heavy (non-hydrogen) atoms. The maximum atomic E-state index is 12.5. The second kappa shape index (κ2) is 7.31. The molecule has 124 valence electrons. The number of carbonyl (C=O) groups excluding carboxylic acids is 1. The van der Waals surface area contributed by atoms with Crippen molar-refractivity contribution in [1.82, 2.24) is 14.7 Å². The molecule has 0 unspecified atom stereocenters. The minimum atomic E-state index is -0.0244. The zero-order chi connectivity index (χ0) is 16.9. The molecule has 0 fully saturated rings. The lowest BCUT2D eigenvalue weighted by Crippen LogP contribution is -2.25. The number of aromatic nitrogens is 2. The molecule has 2 aromatic heterocycles. The van der Waals surface area contributed by atoms with E-state index in [0.717, 1.165) is 11.3 Å². The largest absolute Gasteiger partial charge is 0.488 e. The van der Waals surface area contributed by atoms with Crippen LogP contribution in [0.3, 0.4) is 0 Å². The zero-order valence-electron chi connectivity index (χ0n) is 13.7. The molecule has 5 nitrogen and oxygen atoms in total. The first kappa shape index (κ1) is 16.3. The molecule has 0 saturated carbocycles. The smallest absolute Gasteiger partial charge is 0.253 e. The van der Waals surface area contributed by atoms with Gasteiger partial charge < -0.3 is 9.64 Å². The van der Waals surface area contributed by atoms with Gasteiger partial charge in [0.25, 0.3) is 5.91 Å². The fraction of sp³-hybridized carbons (Fsp3) is 0.222. The lowest BCUT2D eigenvalue weighted by atomic mass is 10.2. The highest BCUT2D eigenvalue weighted by Gasteiger charge is 2.13. The van der Waals surface area contributed by atoms with Crippen LogP contribution < -0.4 is 4.74 Å². The molecule has 0 aliphatic carbocycles. The average Bonchev–Trinajstić information content (AvgIpc) is 3.24. The average molecular weight is 341 g/mol. The van der Waals surface area contributed by atoms with Gasteiger partial charge in [-0.3, -0.25) is 9.48 Å². The van der Waals surface area contributed by atoms with Crippen LogP contribution in [0.15, 0.2) is 54.2 Å². The molecule has 0 spiro atoms. The second-order valence-electron chi connectivity index (χ2n) is 5.58. The van der Waals surface area contributed by atoms with E-state index in [1.807, 2.05) is 42.9 Å². The molecule has 3 rings (SSSR count). The van der Waals surface area contributed by atoms with Gasteiger partial charge >= 0.3 is 0 Å². The van der Waals surface area contributed by atoms with E-state index in [4.69, 9.17) is 4.74 Å². The van der Waals surface area contributed by atoms with E-state index in [-0.39, 0.29) is 5.91 Å². The van der Waals surface area contributed by atoms with Crippen molar-refractivity contribution in [3.8, 4) is 5.75 Å². The van der Waals surface area contributed by atoms with Crippen molar-refractivity contribution in [1.29, 1.82) is 0 Å². The summed E-state index contributed by atoms with van der Waals surface area (Å²) in [4.78, 5) is 15.3. The van der Waals surface area contributed by atoms with E-state index in [9.17, 15) is 4.79 Å². The lowest BCUT2D eigenvalue weighted by Gasteiger charge is -2.16. The molecular formula is C18H19N3O2S. The van der Waals surface area contributed by atoms with Crippen LogP contribution in [0.25, 0.3) is 0 Å². The minimum Gasteiger partial charge on any atom is -0.488 e. The molecule has 6 heteroatoms. The summed E-state index contributed by atoms with van der Waals surface area (Å²) in [5.41, 5.74) is 1.65. The number of hydrogen-bond acceptors (Lipinski definition) is 4. The topological polar surface area (TPSA) is 47.4 Å². The predicted molar refractivity (Wildman–Crippen MR) is 94.1 cm³/mol. The number of carbonyl (C=O) groups is 1. The summed E-state index contributed by atoms with van der Waals surface area (Å²) in [5.74, 6) is 0.735. The van der Waals surface area contributed by atoms with Gasteiger partial charge in [-0.1, -0.05) is 6.07 Å². The SMILES string of the molecule is CN(Cc1cnn(C)c1)C(=O)c1ccc(OCc2cccs2)cc1. The first-order chi connectivity index (χ1) is 11.6. The summed E-state index contributed by atoms with van der Waals surface area (Å²) < 4.78 is 7.45. The molecular weight excluding hydrogens is 322 g/mol. The van der Waals surface area contributed by atoms with Crippen LogP contribution in [0.1, 0.15) is 20.8 Å². The molecule has 2 heterocycles. The first-order valence-electron chi connectivity index (χ1n) is 7.60. The molecule has 0 atom stereocenters. The molecule has 0 aliphatic heterocycles. The van der Waals surface area contributed by atoms with Gasteiger partial charge in [0.2, 0.25) is 0 Å². The van der Waals surface area contributed by atoms with E-state index in [1.165, 1.54) is 4.88 Å². The van der Waals surface area contributed by atoms with Gasteiger partial charge in [-0.25, -0.2) is 0 Å². The number of rotatable bonds is 6. The van der Waals surface area contributed by atoms with Gasteiger partial charge in [-0.15, -0.1) is 11.3 Å². The van der Waals surface area contributed by atoms with E-state index in [0.29, 0.717) is 18.7 Å². The third-order valence-corrected chi connectivity index (χ3v) is 4.44. The van der Waals surface area contributed by atoms with Crippen molar-refractivity contribution in [3.63, 3.8) is 0 Å². The fourth-order valence-electron chi connectivity index (χ4n) is 2.36. The second-order valence-corrected chi connectivity index (χ2v) is 6.61. The third-order valence-electron chi connectivity index (χ3n) is 3.59. The number of nitrogens with zero attached hydrogens (tertiary/aromatic N) is 3. The maximum Gasteiger partial charge on any atom is 0.253 e. The van der Waals surface area contributed by atoms with Gasteiger partial charge in [0.15, 0.2) is 0 Å². The predicted octanol–water partition coefficient (Wildman–Crippen LogP) is 3.33. The van der Waals surface area contributed by atoms with Gasteiger partial charge in [0.05, 0.1) is 6.20 Å². The number of benzene rings is 1. The van der Waals surface area contributed by atoms with Gasteiger partial charge in [0, 0.05) is 42.8 Å². The van der Waals surface area contributed by atoms with Crippen LogP contribution in [0.2, 0.25) is 0 Å². The standard InChI is InChI=1S/C18H19N3O2S/c1-20(11-14-10-19-21(2)12-14)18(22)15-5-7-16(8-6-15)23-13-17-4-3-9-24-17/h3-10,12H,11,13H2,1-2H3. The van der Waals surface area contributed by atoms with Crippen molar-refractivity contribution < 1.29 is 9.53 Å². The number of amides is 1. The van der Waals surface area contributed by atoms with Crippen LogP contribution in [-0.2, 0) is 20.2 Å². The summed E-state index contributed by atoms with van der Waals surface area (Å²) in [6, 6.07) is 11.3. The number of aryl methyl sites for hydroxylation is 1. The molecule has 0 N–H and O–H groups in total. The Morgan fingerprint density at radius 1 is 1.29 bits per heavy atom. The summed E-state index contributed by atoms with van der Waals surface area (Å²) in [6.45, 7) is 1.08. The number of thiophene rings is 1. The van der Waals surface area contributed by atoms with Crippen LogP contribution in [-0.4, -0.2) is 27.6 Å². The van der Waals surface area contributed by atoms with Crippen molar-refractivity contribution in [2.75, 3.05) is 7.05 Å². The Labute approximate surface area is 145 Å². The maximum absolute atomic E-state index is 12.5. The van der Waals surface area contributed by atoms with Crippen molar-refractivity contribution in [2.24, 2.45) is 7.05 Å². The normalized spacial score (nSPS) is 10.6. The highest BCUT2D eigenvalue weighted by molar-refractivity contribution is 7.09. The summed E-state index contributed by atoms with van der Waals surface area (Å²) in [6.07, 6.45) is 3.68. The Balaban J connectivity index is 1.58. The molecule has 1 aromatic carbocycles. The number of hydrogen-bond donors (Lipinski definition) is 0. The quantitative estimate of drug-likeness (QED) is 0.691. The summed E-state index contributed by atoms with van der Waals surface area (Å²) in [5, 5.41) is 6.14. The monoisotopic (exact) mass is 341 g/mol. The molecule has 3 aromatic rings. The van der Waals surface area contributed by atoms with Crippen LogP contribution in [0, 0.1) is 0 Å². The highest BCUT2D eigenvalue weighted by atomic mass is 32.1. The van der Waals surface area contributed by atoms with Crippen molar-refractivity contribution in [2.45, 2.75) is 13.2 Å². The fourth-order valence-corrected chi connectivity index (χ4v) is 2.98. The van der Waals surface area contributed by atoms with Crippen LogP contribution in [0.5, 0.6) is 5.75 Å². The Morgan fingerprint density at radius 3 is 2.71 bits per heavy atom. The van der Waals surface area contributed by atoms with E-state index < -0.39 is 0 Å². The number of ether oxygens (including phenoxy) is 1. The zero-order valence-corrected chi connectivity index (χ0v) is 14.5. The van der Waals surface area contributed by atoms with E-state index in [2.05, 4.69) is 5.10 Å². The third kappa shape index (κ3) is 4.02. The molecule has 0 aliphatic rings. The van der Waals surface area contributed by atoms with Gasteiger partial charge in [-0.05, 0) is 35.7 Å². The molecule has 0 bridgehead atoms. The van der Waals surface area contributed by atoms with E-state index >= 15 is 0 Å². The highest BCUT2D eigenvalue weighted by Crippen LogP contribution is 2.17. The molecule has 1 amide bonds. The lowest BCUT2D eigenvalue weighted by molar-refractivity contribution is 0.0785.